The molecule has 0 spiro atoms. The number of anilines is 2. The van der Waals surface area contributed by atoms with Crippen LogP contribution >= 0.6 is 0 Å². The summed E-state index contributed by atoms with van der Waals surface area (Å²) in [6, 6.07) is 9.41. The van der Waals surface area contributed by atoms with E-state index < -0.39 is 5.91 Å². The number of nitrogen functional groups attached to an aromatic ring is 1. The van der Waals surface area contributed by atoms with Crippen LogP contribution in [0.3, 0.4) is 0 Å². The van der Waals surface area contributed by atoms with Gasteiger partial charge >= 0.3 is 0 Å². The average Bonchev–Trinajstić information content (AvgIpc) is 2.59. The molecule has 0 saturated carbocycles. The van der Waals surface area contributed by atoms with Crippen LogP contribution in [0, 0.1) is 0 Å². The molecule has 0 heterocycles. The lowest BCUT2D eigenvalue weighted by Crippen LogP contribution is -2.27. The van der Waals surface area contributed by atoms with Crippen molar-refractivity contribution in [3.8, 4) is 0 Å². The summed E-state index contributed by atoms with van der Waals surface area (Å²) in [6.07, 6.45) is 0. The fourth-order valence-corrected chi connectivity index (χ4v) is 2.70. The summed E-state index contributed by atoms with van der Waals surface area (Å²) < 4.78 is 0. The van der Waals surface area contributed by atoms with Crippen molar-refractivity contribution >= 4 is 34.8 Å². The predicted molar refractivity (Wildman–Crippen MR) is 93.5 cm³/mol. The first kappa shape index (κ1) is 16.2. The van der Waals surface area contributed by atoms with Gasteiger partial charge in [0.25, 0.3) is 0 Å². The Kier molecular flexibility index (Phi) is 3.94. The second-order valence-electron chi connectivity index (χ2n) is 5.45. The van der Waals surface area contributed by atoms with Crippen molar-refractivity contribution < 1.29 is 14.4 Å². The number of fused-ring (bicyclic) bond motifs is 2. The SMILES string of the molecule is NC(N)=NCC(=O)Nc1ccc(N)c2c1C(=O)c1ccccc1C2=O. The molecule has 0 radical (unpaired) electrons. The van der Waals surface area contributed by atoms with Crippen LogP contribution < -0.4 is 22.5 Å². The van der Waals surface area contributed by atoms with E-state index in [0.717, 1.165) is 0 Å². The Morgan fingerprint density at radius 1 is 0.960 bits per heavy atom. The molecule has 0 aliphatic heterocycles. The Hall–Kier alpha value is -3.68. The number of nitrogens with two attached hydrogens (primary N) is 3. The Balaban J connectivity index is 2.07. The second-order valence-corrected chi connectivity index (χ2v) is 5.45. The molecular weight excluding hydrogens is 322 g/mol. The van der Waals surface area contributed by atoms with Gasteiger partial charge in [-0.2, -0.15) is 0 Å². The van der Waals surface area contributed by atoms with Gasteiger partial charge in [0.15, 0.2) is 17.5 Å². The maximum Gasteiger partial charge on any atom is 0.246 e. The third-order valence-electron chi connectivity index (χ3n) is 3.79. The van der Waals surface area contributed by atoms with Crippen LogP contribution in [-0.2, 0) is 4.79 Å². The quantitative estimate of drug-likeness (QED) is 0.305. The third-order valence-corrected chi connectivity index (χ3v) is 3.79. The third kappa shape index (κ3) is 2.80. The number of ketones is 2. The minimum absolute atomic E-state index is 0.0711. The van der Waals surface area contributed by atoms with E-state index in [1.807, 2.05) is 0 Å². The first-order chi connectivity index (χ1) is 11.9. The van der Waals surface area contributed by atoms with E-state index in [1.165, 1.54) is 12.1 Å². The van der Waals surface area contributed by atoms with E-state index >= 15 is 0 Å². The van der Waals surface area contributed by atoms with Crippen LogP contribution in [0.5, 0.6) is 0 Å². The monoisotopic (exact) mass is 337 g/mol. The number of carbonyl (C=O) groups excluding carboxylic acids is 3. The number of rotatable bonds is 3. The number of benzene rings is 2. The first-order valence-corrected chi connectivity index (χ1v) is 7.36. The lowest BCUT2D eigenvalue weighted by molar-refractivity contribution is -0.114. The molecule has 3 rings (SSSR count). The van der Waals surface area contributed by atoms with Crippen LogP contribution in [0.4, 0.5) is 11.4 Å². The van der Waals surface area contributed by atoms with Gasteiger partial charge in [-0.3, -0.25) is 14.4 Å². The molecule has 0 atom stereocenters. The molecule has 2 aromatic carbocycles. The Morgan fingerprint density at radius 2 is 1.56 bits per heavy atom. The van der Waals surface area contributed by atoms with Crippen LogP contribution in [0.15, 0.2) is 41.4 Å². The molecule has 0 unspecified atom stereocenters. The lowest BCUT2D eigenvalue weighted by atomic mass is 9.82. The van der Waals surface area contributed by atoms with Crippen LogP contribution in [0.2, 0.25) is 0 Å². The molecule has 0 aromatic heterocycles. The van der Waals surface area contributed by atoms with E-state index in [-0.39, 0.29) is 57.7 Å². The molecule has 1 amide bonds. The number of guanidine groups is 1. The van der Waals surface area contributed by atoms with E-state index in [2.05, 4.69) is 10.3 Å². The van der Waals surface area contributed by atoms with Crippen LogP contribution in [0.1, 0.15) is 31.8 Å². The second kappa shape index (κ2) is 6.08. The van der Waals surface area contributed by atoms with Crippen molar-refractivity contribution in [2.75, 3.05) is 17.6 Å². The van der Waals surface area contributed by atoms with Crippen LogP contribution in [0.25, 0.3) is 0 Å². The maximum atomic E-state index is 12.8. The number of nitrogens with one attached hydrogen (secondary N) is 1. The fourth-order valence-electron chi connectivity index (χ4n) is 2.70. The van der Waals surface area contributed by atoms with E-state index in [0.29, 0.717) is 0 Å². The van der Waals surface area contributed by atoms with Crippen molar-refractivity contribution in [1.29, 1.82) is 0 Å². The molecule has 1 aliphatic rings. The van der Waals surface area contributed by atoms with E-state index in [4.69, 9.17) is 17.2 Å². The van der Waals surface area contributed by atoms with Gasteiger partial charge < -0.3 is 22.5 Å². The van der Waals surface area contributed by atoms with Gasteiger partial charge in [-0.1, -0.05) is 24.3 Å². The van der Waals surface area contributed by atoms with Gasteiger partial charge in [0.2, 0.25) is 5.91 Å². The summed E-state index contributed by atoms with van der Waals surface area (Å²) in [6.45, 7) is -0.305. The van der Waals surface area contributed by atoms with E-state index in [9.17, 15) is 14.4 Å². The van der Waals surface area contributed by atoms with Crippen LogP contribution in [-0.4, -0.2) is 30.0 Å². The number of hydrogen-bond donors (Lipinski definition) is 4. The highest BCUT2D eigenvalue weighted by Gasteiger charge is 2.33. The standard InChI is InChI=1S/C17H15N5O3/c18-10-5-6-11(22-12(23)7-21-17(19)20)14-13(10)15(24)8-3-1-2-4-9(8)16(14)25/h1-6H,7,18H2,(H,22,23)(H4,19,20,21). The smallest absolute Gasteiger partial charge is 0.246 e. The molecule has 0 saturated heterocycles. The molecule has 126 valence electrons. The number of hydrogen-bond acceptors (Lipinski definition) is 5. The van der Waals surface area contributed by atoms with Gasteiger partial charge in [-0.05, 0) is 12.1 Å². The normalized spacial score (nSPS) is 12.2. The minimum Gasteiger partial charge on any atom is -0.398 e. The van der Waals surface area contributed by atoms with Gasteiger partial charge in [0.1, 0.15) is 6.54 Å². The fraction of sp³-hybridized carbons (Fsp3) is 0.0588. The summed E-state index contributed by atoms with van der Waals surface area (Å²) in [5.41, 5.74) is 17.4. The minimum atomic E-state index is -0.528. The van der Waals surface area contributed by atoms with Crippen molar-refractivity contribution in [3.05, 3.63) is 58.7 Å². The Morgan fingerprint density at radius 3 is 2.16 bits per heavy atom. The summed E-state index contributed by atoms with van der Waals surface area (Å²) in [5.74, 6) is -1.49. The van der Waals surface area contributed by atoms with Gasteiger partial charge in [-0.15, -0.1) is 0 Å². The number of amides is 1. The summed E-state index contributed by atoms with van der Waals surface area (Å²) in [5, 5.41) is 2.55. The summed E-state index contributed by atoms with van der Waals surface area (Å²) >= 11 is 0. The summed E-state index contributed by atoms with van der Waals surface area (Å²) in [4.78, 5) is 41.1. The van der Waals surface area contributed by atoms with Gasteiger partial charge in [-0.25, -0.2) is 4.99 Å². The molecule has 2 aromatic rings. The highest BCUT2D eigenvalue weighted by atomic mass is 16.2. The molecule has 0 fully saturated rings. The van der Waals surface area contributed by atoms with Crippen molar-refractivity contribution in [2.24, 2.45) is 16.5 Å². The molecule has 8 nitrogen and oxygen atoms in total. The highest BCUT2D eigenvalue weighted by Crippen LogP contribution is 2.35. The molecule has 8 heteroatoms. The largest absolute Gasteiger partial charge is 0.398 e. The zero-order valence-corrected chi connectivity index (χ0v) is 13.1. The molecule has 0 bridgehead atoms. The number of aliphatic imine (C=N–C) groups is 1. The zero-order valence-electron chi connectivity index (χ0n) is 13.1. The van der Waals surface area contributed by atoms with E-state index in [1.54, 1.807) is 24.3 Å². The van der Waals surface area contributed by atoms with Crippen molar-refractivity contribution in [2.45, 2.75) is 0 Å². The molecule has 7 N–H and O–H groups in total. The molecular formula is C17H15N5O3. The molecule has 1 aliphatic carbocycles. The van der Waals surface area contributed by atoms with Gasteiger partial charge in [0.05, 0.1) is 16.8 Å². The predicted octanol–water partition coefficient (Wildman–Crippen LogP) is 0.256. The average molecular weight is 337 g/mol. The van der Waals surface area contributed by atoms with Crippen molar-refractivity contribution in [1.82, 2.24) is 0 Å². The van der Waals surface area contributed by atoms with Gasteiger partial charge in [0, 0.05) is 16.8 Å². The Bertz CT molecular complexity index is 945. The number of nitrogens with zero attached hydrogens (tertiary/aromatic N) is 1. The first-order valence-electron chi connectivity index (χ1n) is 7.36. The van der Waals surface area contributed by atoms with Crippen molar-refractivity contribution in [3.63, 3.8) is 0 Å². The zero-order chi connectivity index (χ0) is 18.1. The maximum absolute atomic E-state index is 12.8. The lowest BCUT2D eigenvalue weighted by Gasteiger charge is -2.21. The summed E-state index contributed by atoms with van der Waals surface area (Å²) in [7, 11) is 0. The highest BCUT2D eigenvalue weighted by molar-refractivity contribution is 6.32. The Labute approximate surface area is 142 Å². The molecule has 25 heavy (non-hydrogen) atoms. The number of carbonyl (C=O) groups is 3. The topological polar surface area (TPSA) is 154 Å².